The maximum atomic E-state index is 13.0. The molecule has 0 unspecified atom stereocenters. The first-order valence-electron chi connectivity index (χ1n) is 8.58. The van der Waals surface area contributed by atoms with E-state index in [-0.39, 0.29) is 6.04 Å². The molecule has 5 heteroatoms. The number of carbonyl (C=O) groups excluding carboxylic acids is 1. The Morgan fingerprint density at radius 3 is 2.68 bits per heavy atom. The van der Waals surface area contributed by atoms with Crippen LogP contribution in [0.25, 0.3) is 0 Å². The maximum absolute atomic E-state index is 13.0. The molecule has 1 aromatic rings. The Bertz CT molecular complexity index is 539. The summed E-state index contributed by atoms with van der Waals surface area (Å²) in [4.78, 5) is 17.3. The van der Waals surface area contributed by atoms with Crippen molar-refractivity contribution in [2.24, 2.45) is 0 Å². The normalized spacial score (nSPS) is 26.6. The van der Waals surface area contributed by atoms with Crippen LogP contribution in [0.3, 0.4) is 0 Å². The minimum atomic E-state index is 0.0982. The molecular weight excluding hydrogens is 276 g/mol. The SMILES string of the molecule is Cc1cc(C)n(C[C@@H]2CCCCN2C(=O)[C@@H]2CCCN2C)n1. The predicted octanol–water partition coefficient (Wildman–Crippen LogP) is 1.98. The van der Waals surface area contributed by atoms with Gasteiger partial charge in [-0.3, -0.25) is 14.4 Å². The van der Waals surface area contributed by atoms with Crippen LogP contribution in [0.1, 0.15) is 43.5 Å². The van der Waals surface area contributed by atoms with E-state index < -0.39 is 0 Å². The summed E-state index contributed by atoms with van der Waals surface area (Å²) in [6.45, 7) is 6.92. The van der Waals surface area contributed by atoms with E-state index in [1.54, 1.807) is 0 Å². The first kappa shape index (κ1) is 15.5. The van der Waals surface area contributed by atoms with Crippen LogP contribution < -0.4 is 0 Å². The molecule has 122 valence electrons. The van der Waals surface area contributed by atoms with Gasteiger partial charge in [0.1, 0.15) is 0 Å². The molecule has 3 rings (SSSR count). The van der Waals surface area contributed by atoms with Gasteiger partial charge in [-0.1, -0.05) is 0 Å². The summed E-state index contributed by atoms with van der Waals surface area (Å²) in [5, 5.41) is 4.58. The Balaban J connectivity index is 1.73. The highest BCUT2D eigenvalue weighted by molar-refractivity contribution is 5.82. The molecule has 2 atom stereocenters. The summed E-state index contributed by atoms with van der Waals surface area (Å²) in [5.41, 5.74) is 2.25. The number of aryl methyl sites for hydroxylation is 2. The van der Waals surface area contributed by atoms with Crippen LogP contribution in [0.4, 0.5) is 0 Å². The number of hydrogen-bond donors (Lipinski definition) is 0. The van der Waals surface area contributed by atoms with Gasteiger partial charge in [0, 0.05) is 12.2 Å². The van der Waals surface area contributed by atoms with Gasteiger partial charge in [-0.15, -0.1) is 0 Å². The number of aromatic nitrogens is 2. The molecule has 0 spiro atoms. The van der Waals surface area contributed by atoms with E-state index in [1.165, 1.54) is 12.1 Å². The smallest absolute Gasteiger partial charge is 0.240 e. The fourth-order valence-electron chi connectivity index (χ4n) is 3.95. The Hall–Kier alpha value is -1.36. The van der Waals surface area contributed by atoms with Crippen LogP contribution in [-0.4, -0.2) is 57.7 Å². The number of carbonyl (C=O) groups is 1. The third-order valence-corrected chi connectivity index (χ3v) is 5.20. The Morgan fingerprint density at radius 1 is 1.23 bits per heavy atom. The molecule has 0 bridgehead atoms. The largest absolute Gasteiger partial charge is 0.336 e. The number of likely N-dealkylation sites (tertiary alicyclic amines) is 2. The van der Waals surface area contributed by atoms with Crippen molar-refractivity contribution in [3.8, 4) is 0 Å². The Labute approximate surface area is 133 Å². The second kappa shape index (κ2) is 6.41. The third-order valence-electron chi connectivity index (χ3n) is 5.20. The molecule has 3 heterocycles. The van der Waals surface area contributed by atoms with Crippen LogP contribution in [0, 0.1) is 13.8 Å². The fraction of sp³-hybridized carbons (Fsp3) is 0.765. The summed E-state index contributed by atoms with van der Waals surface area (Å²) in [6, 6.07) is 2.51. The van der Waals surface area contributed by atoms with Crippen molar-refractivity contribution in [2.45, 2.75) is 64.6 Å². The van der Waals surface area contributed by atoms with Gasteiger partial charge in [0.25, 0.3) is 0 Å². The lowest BCUT2D eigenvalue weighted by atomic mass is 10.00. The van der Waals surface area contributed by atoms with E-state index in [1.807, 2.05) is 6.92 Å². The van der Waals surface area contributed by atoms with Crippen molar-refractivity contribution in [2.75, 3.05) is 20.1 Å². The minimum absolute atomic E-state index is 0.0982. The summed E-state index contributed by atoms with van der Waals surface area (Å²) in [6.07, 6.45) is 5.60. The average molecular weight is 304 g/mol. The highest BCUT2D eigenvalue weighted by Gasteiger charge is 2.35. The zero-order valence-corrected chi connectivity index (χ0v) is 14.1. The highest BCUT2D eigenvalue weighted by atomic mass is 16.2. The fourth-order valence-corrected chi connectivity index (χ4v) is 3.95. The number of amides is 1. The summed E-state index contributed by atoms with van der Waals surface area (Å²) in [5.74, 6) is 0.339. The van der Waals surface area contributed by atoms with Crippen LogP contribution in [0.2, 0.25) is 0 Å². The lowest BCUT2D eigenvalue weighted by molar-refractivity contribution is -0.139. The van der Waals surface area contributed by atoms with Crippen molar-refractivity contribution in [3.63, 3.8) is 0 Å². The molecule has 0 radical (unpaired) electrons. The topological polar surface area (TPSA) is 41.4 Å². The van der Waals surface area contributed by atoms with E-state index >= 15 is 0 Å². The van der Waals surface area contributed by atoms with Crippen molar-refractivity contribution in [3.05, 3.63) is 17.5 Å². The van der Waals surface area contributed by atoms with Gasteiger partial charge in [-0.25, -0.2) is 0 Å². The molecule has 0 aromatic carbocycles. The van der Waals surface area contributed by atoms with Crippen LogP contribution in [-0.2, 0) is 11.3 Å². The molecule has 2 aliphatic rings. The van der Waals surface area contributed by atoms with Gasteiger partial charge in [0.2, 0.25) is 5.91 Å². The number of piperidine rings is 1. The molecule has 1 amide bonds. The van der Waals surface area contributed by atoms with Crippen molar-refractivity contribution in [1.82, 2.24) is 19.6 Å². The van der Waals surface area contributed by atoms with Crippen LogP contribution in [0.5, 0.6) is 0 Å². The van der Waals surface area contributed by atoms with E-state index in [0.717, 1.165) is 51.0 Å². The predicted molar refractivity (Wildman–Crippen MR) is 86.7 cm³/mol. The van der Waals surface area contributed by atoms with Gasteiger partial charge in [-0.2, -0.15) is 5.10 Å². The molecule has 1 aromatic heterocycles. The molecule has 22 heavy (non-hydrogen) atoms. The summed E-state index contributed by atoms with van der Waals surface area (Å²) < 4.78 is 2.07. The molecule has 0 aliphatic carbocycles. The number of rotatable bonds is 3. The number of hydrogen-bond acceptors (Lipinski definition) is 3. The van der Waals surface area contributed by atoms with Crippen LogP contribution in [0.15, 0.2) is 6.07 Å². The van der Waals surface area contributed by atoms with Gasteiger partial charge >= 0.3 is 0 Å². The first-order chi connectivity index (χ1) is 10.6. The zero-order chi connectivity index (χ0) is 15.7. The van der Waals surface area contributed by atoms with Crippen molar-refractivity contribution in [1.29, 1.82) is 0 Å². The molecular formula is C17H28N4O. The standard InChI is InChI=1S/C17H28N4O/c1-13-11-14(2)21(18-13)12-15-7-4-5-10-20(15)17(22)16-8-6-9-19(16)3/h11,15-16H,4-10,12H2,1-3H3/t15-,16-/m0/s1. The summed E-state index contributed by atoms with van der Waals surface area (Å²) in [7, 11) is 2.08. The van der Waals surface area contributed by atoms with Gasteiger partial charge in [-0.05, 0) is 65.6 Å². The summed E-state index contributed by atoms with van der Waals surface area (Å²) >= 11 is 0. The van der Waals surface area contributed by atoms with Gasteiger partial charge in [0.05, 0.1) is 24.3 Å². The number of nitrogens with zero attached hydrogens (tertiary/aromatic N) is 4. The lowest BCUT2D eigenvalue weighted by Gasteiger charge is -2.38. The maximum Gasteiger partial charge on any atom is 0.240 e. The van der Waals surface area contributed by atoms with Crippen molar-refractivity contribution >= 4 is 5.91 Å². The quantitative estimate of drug-likeness (QED) is 0.857. The lowest BCUT2D eigenvalue weighted by Crippen LogP contribution is -2.52. The van der Waals surface area contributed by atoms with Crippen LogP contribution >= 0.6 is 0 Å². The highest BCUT2D eigenvalue weighted by Crippen LogP contribution is 2.24. The Kier molecular flexibility index (Phi) is 4.52. The van der Waals surface area contributed by atoms with E-state index in [2.05, 4.69) is 39.6 Å². The molecule has 0 N–H and O–H groups in total. The molecule has 2 saturated heterocycles. The zero-order valence-electron chi connectivity index (χ0n) is 14.1. The van der Waals surface area contributed by atoms with E-state index in [9.17, 15) is 4.79 Å². The molecule has 5 nitrogen and oxygen atoms in total. The monoisotopic (exact) mass is 304 g/mol. The van der Waals surface area contributed by atoms with Gasteiger partial charge in [0.15, 0.2) is 0 Å². The Morgan fingerprint density at radius 2 is 2.05 bits per heavy atom. The minimum Gasteiger partial charge on any atom is -0.336 e. The first-order valence-corrected chi connectivity index (χ1v) is 8.58. The number of likely N-dealkylation sites (N-methyl/N-ethyl adjacent to an activating group) is 1. The molecule has 2 aliphatic heterocycles. The second-order valence-corrected chi connectivity index (χ2v) is 6.93. The van der Waals surface area contributed by atoms with Crippen molar-refractivity contribution < 1.29 is 4.79 Å². The van der Waals surface area contributed by atoms with E-state index in [4.69, 9.17) is 0 Å². The van der Waals surface area contributed by atoms with E-state index in [0.29, 0.717) is 11.9 Å². The van der Waals surface area contributed by atoms with Gasteiger partial charge < -0.3 is 4.90 Å². The second-order valence-electron chi connectivity index (χ2n) is 6.93. The molecule has 2 fully saturated rings. The third kappa shape index (κ3) is 3.05. The molecule has 0 saturated carbocycles. The average Bonchev–Trinajstić information content (AvgIpc) is 3.05.